The van der Waals surface area contributed by atoms with Gasteiger partial charge in [-0.2, -0.15) is 0 Å². The van der Waals surface area contributed by atoms with Gasteiger partial charge in [-0.15, -0.1) is 10.2 Å². The van der Waals surface area contributed by atoms with Crippen LogP contribution in [0.15, 0.2) is 52.9 Å². The highest BCUT2D eigenvalue weighted by atomic mass is 32.2. The predicted molar refractivity (Wildman–Crippen MR) is 111 cm³/mol. The zero-order valence-corrected chi connectivity index (χ0v) is 16.6. The van der Waals surface area contributed by atoms with Crippen molar-refractivity contribution in [3.63, 3.8) is 0 Å². The molecule has 1 N–H and O–H groups in total. The number of fused-ring (bicyclic) bond motifs is 1. The number of carbonyl (C=O) groups is 1. The van der Waals surface area contributed by atoms with Crippen molar-refractivity contribution in [2.75, 3.05) is 17.6 Å². The van der Waals surface area contributed by atoms with Crippen LogP contribution < -0.4 is 5.32 Å². The number of thioether (sulfide) groups is 1. The van der Waals surface area contributed by atoms with E-state index in [2.05, 4.69) is 52.8 Å². The van der Waals surface area contributed by atoms with Gasteiger partial charge in [-0.3, -0.25) is 4.79 Å². The van der Waals surface area contributed by atoms with Crippen molar-refractivity contribution >= 4 is 39.8 Å². The number of aromatic nitrogens is 2. The molecule has 1 amide bonds. The minimum atomic E-state index is 0.151. The van der Waals surface area contributed by atoms with E-state index in [4.69, 9.17) is 0 Å². The van der Waals surface area contributed by atoms with Gasteiger partial charge in [0.25, 0.3) is 0 Å². The molecule has 0 atom stereocenters. The molecule has 3 aromatic rings. The van der Waals surface area contributed by atoms with Gasteiger partial charge in [0, 0.05) is 18.8 Å². The summed E-state index contributed by atoms with van der Waals surface area (Å²) in [6.45, 7) is 3.54. The molecule has 1 aromatic heterocycles. The van der Waals surface area contributed by atoms with Crippen LogP contribution in [0.1, 0.15) is 16.7 Å². The Labute approximate surface area is 166 Å². The molecule has 2 aromatic carbocycles. The first-order valence-corrected chi connectivity index (χ1v) is 10.6. The standard InChI is InChI=1S/C20H20N4OS2/c1-14-6-8-17(9-7-14)21-19-22-23-20(27-19)26-13-18(25)24-11-10-15-4-2-3-5-16(15)12-24/h2-9H,10-13H2,1H3,(H,21,22). The molecule has 0 aliphatic carbocycles. The highest BCUT2D eigenvalue weighted by Gasteiger charge is 2.20. The maximum atomic E-state index is 12.6. The minimum Gasteiger partial charge on any atom is -0.337 e. The van der Waals surface area contributed by atoms with E-state index in [1.807, 2.05) is 23.1 Å². The van der Waals surface area contributed by atoms with E-state index < -0.39 is 0 Å². The van der Waals surface area contributed by atoms with Crippen LogP contribution in [0.2, 0.25) is 0 Å². The molecule has 0 radical (unpaired) electrons. The molecule has 0 spiro atoms. The second-order valence-corrected chi connectivity index (χ2v) is 8.69. The third-order valence-electron chi connectivity index (χ3n) is 4.51. The Morgan fingerprint density at radius 2 is 1.93 bits per heavy atom. The lowest BCUT2D eigenvalue weighted by atomic mass is 10.00. The fourth-order valence-corrected chi connectivity index (χ4v) is 4.68. The molecule has 27 heavy (non-hydrogen) atoms. The van der Waals surface area contributed by atoms with Crippen molar-refractivity contribution < 1.29 is 4.79 Å². The van der Waals surface area contributed by atoms with Crippen LogP contribution in [0.25, 0.3) is 0 Å². The molecule has 7 heteroatoms. The van der Waals surface area contributed by atoms with Gasteiger partial charge in [-0.05, 0) is 36.6 Å². The number of rotatable bonds is 5. The number of amides is 1. The van der Waals surface area contributed by atoms with Crippen molar-refractivity contribution in [2.45, 2.75) is 24.2 Å². The van der Waals surface area contributed by atoms with Gasteiger partial charge in [-0.1, -0.05) is 65.1 Å². The van der Waals surface area contributed by atoms with E-state index in [-0.39, 0.29) is 5.91 Å². The van der Waals surface area contributed by atoms with Gasteiger partial charge >= 0.3 is 0 Å². The average Bonchev–Trinajstić information content (AvgIpc) is 3.15. The summed E-state index contributed by atoms with van der Waals surface area (Å²) in [7, 11) is 0. The highest BCUT2D eigenvalue weighted by Crippen LogP contribution is 2.28. The summed E-state index contributed by atoms with van der Waals surface area (Å²) in [5.41, 5.74) is 4.80. The number of hydrogen-bond acceptors (Lipinski definition) is 6. The minimum absolute atomic E-state index is 0.151. The van der Waals surface area contributed by atoms with Gasteiger partial charge in [-0.25, -0.2) is 0 Å². The fraction of sp³-hybridized carbons (Fsp3) is 0.250. The largest absolute Gasteiger partial charge is 0.337 e. The van der Waals surface area contributed by atoms with E-state index in [1.54, 1.807) is 0 Å². The predicted octanol–water partition coefficient (Wildman–Crippen LogP) is 4.27. The Morgan fingerprint density at radius 1 is 1.15 bits per heavy atom. The average molecular weight is 397 g/mol. The number of carbonyl (C=O) groups excluding carboxylic acids is 1. The smallest absolute Gasteiger partial charge is 0.233 e. The highest BCUT2D eigenvalue weighted by molar-refractivity contribution is 8.01. The third-order valence-corrected chi connectivity index (χ3v) is 6.47. The van der Waals surface area contributed by atoms with Crippen molar-refractivity contribution in [3.05, 3.63) is 65.2 Å². The van der Waals surface area contributed by atoms with Crippen LogP contribution in [0.3, 0.4) is 0 Å². The number of aryl methyl sites for hydroxylation is 1. The molecule has 0 unspecified atom stereocenters. The van der Waals surface area contributed by atoms with Crippen LogP contribution in [-0.4, -0.2) is 33.3 Å². The molecular formula is C20H20N4OS2. The number of hydrogen-bond donors (Lipinski definition) is 1. The summed E-state index contributed by atoms with van der Waals surface area (Å²) in [5, 5.41) is 12.3. The molecule has 2 heterocycles. The lowest BCUT2D eigenvalue weighted by Crippen LogP contribution is -2.37. The summed E-state index contributed by atoms with van der Waals surface area (Å²) in [6, 6.07) is 16.5. The second kappa shape index (κ2) is 8.10. The Morgan fingerprint density at radius 3 is 2.74 bits per heavy atom. The third kappa shape index (κ3) is 4.48. The van der Waals surface area contributed by atoms with E-state index in [0.29, 0.717) is 12.3 Å². The first-order valence-electron chi connectivity index (χ1n) is 8.82. The van der Waals surface area contributed by atoms with Crippen molar-refractivity contribution in [1.82, 2.24) is 15.1 Å². The zero-order chi connectivity index (χ0) is 18.6. The Bertz CT molecular complexity index is 939. The molecular weight excluding hydrogens is 376 g/mol. The lowest BCUT2D eigenvalue weighted by Gasteiger charge is -2.28. The van der Waals surface area contributed by atoms with E-state index >= 15 is 0 Å². The Balaban J connectivity index is 1.31. The number of nitrogens with one attached hydrogen (secondary N) is 1. The first kappa shape index (κ1) is 18.0. The maximum absolute atomic E-state index is 12.6. The van der Waals surface area contributed by atoms with Gasteiger partial charge in [0.1, 0.15) is 0 Å². The molecule has 0 saturated heterocycles. The van der Waals surface area contributed by atoms with Crippen LogP contribution >= 0.6 is 23.1 Å². The fourth-order valence-electron chi connectivity index (χ4n) is 3.00. The monoisotopic (exact) mass is 396 g/mol. The quantitative estimate of drug-likeness (QED) is 0.653. The van der Waals surface area contributed by atoms with Crippen molar-refractivity contribution in [2.24, 2.45) is 0 Å². The van der Waals surface area contributed by atoms with Gasteiger partial charge < -0.3 is 10.2 Å². The van der Waals surface area contributed by atoms with Crippen LogP contribution in [0.4, 0.5) is 10.8 Å². The van der Waals surface area contributed by atoms with E-state index in [0.717, 1.165) is 28.1 Å². The van der Waals surface area contributed by atoms with E-state index in [1.165, 1.54) is 39.8 Å². The molecule has 138 valence electrons. The van der Waals surface area contributed by atoms with Crippen LogP contribution in [0, 0.1) is 6.92 Å². The normalized spacial score (nSPS) is 13.3. The maximum Gasteiger partial charge on any atom is 0.233 e. The van der Waals surface area contributed by atoms with E-state index in [9.17, 15) is 4.79 Å². The topological polar surface area (TPSA) is 58.1 Å². The SMILES string of the molecule is Cc1ccc(Nc2nnc(SCC(=O)N3CCc4ccccc4C3)s2)cc1. The van der Waals surface area contributed by atoms with Crippen LogP contribution in [0.5, 0.6) is 0 Å². The summed E-state index contributed by atoms with van der Waals surface area (Å²) in [6.07, 6.45) is 0.927. The number of benzene rings is 2. The number of anilines is 2. The lowest BCUT2D eigenvalue weighted by molar-refractivity contribution is -0.129. The van der Waals surface area contributed by atoms with Crippen molar-refractivity contribution in [3.8, 4) is 0 Å². The summed E-state index contributed by atoms with van der Waals surface area (Å²) >= 11 is 2.92. The second-order valence-electron chi connectivity index (χ2n) is 6.49. The summed E-state index contributed by atoms with van der Waals surface area (Å²) < 4.78 is 0.801. The molecule has 5 nitrogen and oxygen atoms in total. The number of nitrogens with zero attached hydrogens (tertiary/aromatic N) is 3. The molecule has 0 saturated carbocycles. The zero-order valence-electron chi connectivity index (χ0n) is 15.0. The summed E-state index contributed by atoms with van der Waals surface area (Å²) in [5.74, 6) is 0.541. The van der Waals surface area contributed by atoms with Crippen molar-refractivity contribution in [1.29, 1.82) is 0 Å². The van der Waals surface area contributed by atoms with Gasteiger partial charge in [0.15, 0.2) is 4.34 Å². The Kier molecular flexibility index (Phi) is 5.40. The van der Waals surface area contributed by atoms with Crippen LogP contribution in [-0.2, 0) is 17.8 Å². The summed E-state index contributed by atoms with van der Waals surface area (Å²) in [4.78, 5) is 14.5. The molecule has 0 fully saturated rings. The molecule has 4 rings (SSSR count). The van der Waals surface area contributed by atoms with Gasteiger partial charge in [0.05, 0.1) is 5.75 Å². The molecule has 0 bridgehead atoms. The van der Waals surface area contributed by atoms with Gasteiger partial charge in [0.2, 0.25) is 11.0 Å². The molecule has 1 aliphatic rings. The first-order chi connectivity index (χ1) is 13.2. The molecule has 1 aliphatic heterocycles. The Hall–Kier alpha value is -2.38.